The molecule has 0 aliphatic carbocycles. The van der Waals surface area contributed by atoms with Crippen molar-refractivity contribution in [3.05, 3.63) is 22.4 Å². The molecule has 1 saturated heterocycles. The fourth-order valence-electron chi connectivity index (χ4n) is 2.14. The van der Waals surface area contributed by atoms with Crippen LogP contribution in [0, 0.1) is 0 Å². The number of aliphatic hydroxyl groups is 1. The van der Waals surface area contributed by atoms with E-state index in [1.54, 1.807) is 0 Å². The van der Waals surface area contributed by atoms with Crippen LogP contribution in [0.25, 0.3) is 0 Å². The Morgan fingerprint density at radius 1 is 1.56 bits per heavy atom. The number of rotatable bonds is 5. The first-order valence-corrected chi connectivity index (χ1v) is 6.73. The van der Waals surface area contributed by atoms with Gasteiger partial charge in [-0.1, -0.05) is 6.07 Å². The number of nitrogens with zero attached hydrogens (tertiary/aromatic N) is 1. The first-order chi connectivity index (χ1) is 7.88. The average molecular weight is 241 g/mol. The lowest BCUT2D eigenvalue weighted by molar-refractivity contribution is -0.0161. The number of hydrogen-bond donors (Lipinski definition) is 1. The fourth-order valence-corrected chi connectivity index (χ4v) is 2.88. The predicted molar refractivity (Wildman–Crippen MR) is 65.7 cm³/mol. The van der Waals surface area contributed by atoms with Gasteiger partial charge in [0.05, 0.1) is 19.3 Å². The predicted octanol–water partition coefficient (Wildman–Crippen LogP) is 1.72. The molecule has 90 valence electrons. The molecule has 3 nitrogen and oxygen atoms in total. The number of thiophene rings is 1. The van der Waals surface area contributed by atoms with Crippen LogP contribution in [-0.2, 0) is 11.3 Å². The molecule has 1 fully saturated rings. The van der Waals surface area contributed by atoms with Gasteiger partial charge in [-0.05, 0) is 30.8 Å². The van der Waals surface area contributed by atoms with E-state index in [2.05, 4.69) is 22.4 Å². The second kappa shape index (κ2) is 6.35. The minimum absolute atomic E-state index is 0.126. The average Bonchev–Trinajstić information content (AvgIpc) is 2.80. The zero-order valence-corrected chi connectivity index (χ0v) is 10.3. The van der Waals surface area contributed by atoms with Gasteiger partial charge in [0.15, 0.2) is 0 Å². The Morgan fingerprint density at radius 3 is 3.25 bits per heavy atom. The molecule has 0 spiro atoms. The molecule has 0 radical (unpaired) electrons. The Hall–Kier alpha value is -0.420. The summed E-state index contributed by atoms with van der Waals surface area (Å²) in [6, 6.07) is 4.28. The maximum absolute atomic E-state index is 8.73. The molecule has 0 amide bonds. The van der Waals surface area contributed by atoms with Gasteiger partial charge in [0.1, 0.15) is 0 Å². The van der Waals surface area contributed by atoms with Crippen molar-refractivity contribution < 1.29 is 9.84 Å². The molecule has 1 N–H and O–H groups in total. The Kier molecular flexibility index (Phi) is 4.78. The van der Waals surface area contributed by atoms with Crippen molar-refractivity contribution in [2.24, 2.45) is 0 Å². The van der Waals surface area contributed by atoms with E-state index in [1.165, 1.54) is 11.3 Å². The summed E-state index contributed by atoms with van der Waals surface area (Å²) >= 11 is 1.81. The molecule has 2 rings (SSSR count). The molecule has 1 unspecified atom stereocenters. The van der Waals surface area contributed by atoms with Gasteiger partial charge in [0.2, 0.25) is 0 Å². The molecule has 2 heterocycles. The molecule has 1 aliphatic rings. The maximum atomic E-state index is 8.73. The fraction of sp³-hybridized carbons (Fsp3) is 0.667. The van der Waals surface area contributed by atoms with E-state index in [-0.39, 0.29) is 6.61 Å². The van der Waals surface area contributed by atoms with Crippen molar-refractivity contribution in [2.45, 2.75) is 25.5 Å². The van der Waals surface area contributed by atoms with Gasteiger partial charge in [-0.3, -0.25) is 4.90 Å². The Balaban J connectivity index is 1.77. The van der Waals surface area contributed by atoms with Crippen LogP contribution in [0.3, 0.4) is 0 Å². The molecular formula is C12H19NO2S. The molecule has 16 heavy (non-hydrogen) atoms. The Bertz CT molecular complexity index is 289. The van der Waals surface area contributed by atoms with Crippen LogP contribution in [0.4, 0.5) is 0 Å². The highest BCUT2D eigenvalue weighted by Crippen LogP contribution is 2.18. The number of piperidine rings is 1. The molecular weight excluding hydrogens is 222 g/mol. The quantitative estimate of drug-likeness (QED) is 0.852. The molecule has 1 aromatic rings. The summed E-state index contributed by atoms with van der Waals surface area (Å²) in [5, 5.41) is 10.9. The maximum Gasteiger partial charge on any atom is 0.0703 e. The Labute approximate surface area is 101 Å². The van der Waals surface area contributed by atoms with Crippen molar-refractivity contribution in [1.29, 1.82) is 0 Å². The summed E-state index contributed by atoms with van der Waals surface area (Å²) in [7, 11) is 0. The van der Waals surface area contributed by atoms with Crippen LogP contribution in [0.5, 0.6) is 0 Å². The van der Waals surface area contributed by atoms with Gasteiger partial charge < -0.3 is 9.84 Å². The van der Waals surface area contributed by atoms with Crippen LogP contribution in [0.2, 0.25) is 0 Å². The summed E-state index contributed by atoms with van der Waals surface area (Å²) < 4.78 is 5.59. The SMILES string of the molecule is OCCOC1CCCN(Cc2cccs2)C1. The van der Waals surface area contributed by atoms with Crippen LogP contribution in [-0.4, -0.2) is 42.4 Å². The summed E-state index contributed by atoms with van der Waals surface area (Å²) in [5.74, 6) is 0. The van der Waals surface area contributed by atoms with E-state index in [0.717, 1.165) is 26.1 Å². The lowest BCUT2D eigenvalue weighted by Crippen LogP contribution is -2.39. The number of likely N-dealkylation sites (tertiary alicyclic amines) is 1. The largest absolute Gasteiger partial charge is 0.394 e. The topological polar surface area (TPSA) is 32.7 Å². The third kappa shape index (κ3) is 3.56. The van der Waals surface area contributed by atoms with E-state index in [4.69, 9.17) is 9.84 Å². The third-order valence-electron chi connectivity index (χ3n) is 2.87. The van der Waals surface area contributed by atoms with E-state index < -0.39 is 0 Å². The highest BCUT2D eigenvalue weighted by Gasteiger charge is 2.20. The van der Waals surface area contributed by atoms with Gasteiger partial charge in [-0.2, -0.15) is 0 Å². The van der Waals surface area contributed by atoms with E-state index >= 15 is 0 Å². The molecule has 0 bridgehead atoms. The zero-order chi connectivity index (χ0) is 11.2. The standard InChI is InChI=1S/C12H19NO2S/c14-6-7-15-11-3-1-5-13(9-11)10-12-4-2-8-16-12/h2,4,8,11,14H,1,3,5-7,9-10H2. The number of ether oxygens (including phenoxy) is 1. The second-order valence-corrected chi connectivity index (χ2v) is 5.21. The smallest absolute Gasteiger partial charge is 0.0703 e. The van der Waals surface area contributed by atoms with Gasteiger partial charge >= 0.3 is 0 Å². The lowest BCUT2D eigenvalue weighted by Gasteiger charge is -2.32. The van der Waals surface area contributed by atoms with Crippen LogP contribution in [0.15, 0.2) is 17.5 Å². The van der Waals surface area contributed by atoms with E-state index in [1.807, 2.05) is 11.3 Å². The molecule has 4 heteroatoms. The van der Waals surface area contributed by atoms with E-state index in [0.29, 0.717) is 12.7 Å². The van der Waals surface area contributed by atoms with Crippen LogP contribution >= 0.6 is 11.3 Å². The van der Waals surface area contributed by atoms with Crippen molar-refractivity contribution in [3.8, 4) is 0 Å². The van der Waals surface area contributed by atoms with E-state index in [9.17, 15) is 0 Å². The van der Waals surface area contributed by atoms with Crippen molar-refractivity contribution in [1.82, 2.24) is 4.90 Å². The summed E-state index contributed by atoms with van der Waals surface area (Å²) in [5.41, 5.74) is 0. The third-order valence-corrected chi connectivity index (χ3v) is 3.73. The van der Waals surface area contributed by atoms with Gasteiger partial charge in [-0.15, -0.1) is 11.3 Å². The molecule has 0 aromatic carbocycles. The van der Waals surface area contributed by atoms with Gasteiger partial charge in [0, 0.05) is 18.0 Å². The molecule has 1 atom stereocenters. The van der Waals surface area contributed by atoms with Crippen molar-refractivity contribution in [3.63, 3.8) is 0 Å². The monoisotopic (exact) mass is 241 g/mol. The van der Waals surface area contributed by atoms with Gasteiger partial charge in [0.25, 0.3) is 0 Å². The number of hydrogen-bond acceptors (Lipinski definition) is 4. The number of aliphatic hydroxyl groups excluding tert-OH is 1. The minimum Gasteiger partial charge on any atom is -0.394 e. The summed E-state index contributed by atoms with van der Waals surface area (Å²) in [6.45, 7) is 3.80. The first kappa shape index (κ1) is 12.0. The summed E-state index contributed by atoms with van der Waals surface area (Å²) in [4.78, 5) is 3.86. The highest BCUT2D eigenvalue weighted by atomic mass is 32.1. The minimum atomic E-state index is 0.126. The molecule has 1 aliphatic heterocycles. The first-order valence-electron chi connectivity index (χ1n) is 5.85. The Morgan fingerprint density at radius 2 is 2.50 bits per heavy atom. The lowest BCUT2D eigenvalue weighted by atomic mass is 10.1. The van der Waals surface area contributed by atoms with Crippen LogP contribution in [0.1, 0.15) is 17.7 Å². The highest BCUT2D eigenvalue weighted by molar-refractivity contribution is 7.09. The summed E-state index contributed by atoms with van der Waals surface area (Å²) in [6.07, 6.45) is 2.63. The van der Waals surface area contributed by atoms with Gasteiger partial charge in [-0.25, -0.2) is 0 Å². The van der Waals surface area contributed by atoms with Crippen LogP contribution < -0.4 is 0 Å². The zero-order valence-electron chi connectivity index (χ0n) is 9.47. The normalized spacial score (nSPS) is 22.4. The molecule has 1 aromatic heterocycles. The molecule has 0 saturated carbocycles. The second-order valence-electron chi connectivity index (χ2n) is 4.17. The van der Waals surface area contributed by atoms with Crippen molar-refractivity contribution in [2.75, 3.05) is 26.3 Å². The van der Waals surface area contributed by atoms with Crippen molar-refractivity contribution >= 4 is 11.3 Å².